The van der Waals surface area contributed by atoms with E-state index in [9.17, 15) is 0 Å². The number of aromatic nitrogens is 4. The minimum Gasteiger partial charge on any atom is -0.262 e. The predicted octanol–water partition coefficient (Wildman–Crippen LogP) is 8.17. The van der Waals surface area contributed by atoms with Gasteiger partial charge in [0.25, 0.3) is 0 Å². The van der Waals surface area contributed by atoms with E-state index < -0.39 is 5.41 Å². The van der Waals surface area contributed by atoms with Crippen molar-refractivity contribution in [2.45, 2.75) is 84.2 Å². The van der Waals surface area contributed by atoms with Crippen LogP contribution in [0.5, 0.6) is 0 Å². The van der Waals surface area contributed by atoms with E-state index in [4.69, 9.17) is 5.10 Å². The molecule has 5 heteroatoms. The first-order valence-electron chi connectivity index (χ1n) is 16.0. The Labute approximate surface area is 260 Å². The van der Waals surface area contributed by atoms with Gasteiger partial charge < -0.3 is 0 Å². The van der Waals surface area contributed by atoms with Crippen molar-refractivity contribution in [3.63, 3.8) is 0 Å². The summed E-state index contributed by atoms with van der Waals surface area (Å²) in [6.45, 7) is 16.2. The second kappa shape index (κ2) is 9.69. The molecule has 3 aromatic heterocycles. The van der Waals surface area contributed by atoms with Crippen LogP contribution in [0.15, 0.2) is 79.1 Å². The van der Waals surface area contributed by atoms with E-state index >= 15 is 4.39 Å². The number of hydrogen-bond acceptors (Lipinski definition) is 1. The number of benzene rings is 2. The lowest BCUT2D eigenvalue weighted by atomic mass is 9.64. The van der Waals surface area contributed by atoms with Crippen LogP contribution in [0.2, 0.25) is 0 Å². The standard InChI is InChI=1S/C39H43FN4/c1-9-39(10-2)27(20-22-43-21-12-11-16-30(43)31-24-32(37(3,4)5)41-42(31)8)26-17-18-29(40)35-34(26)36-33-25(19-23-44(36)39)14-13-15-28(33)38(35,6)7/h11-21,23-24H,9-10,22H2,1-8H3/q+2. The molecule has 0 spiro atoms. The molecule has 0 saturated heterocycles. The van der Waals surface area contributed by atoms with Crippen molar-refractivity contribution >= 4 is 16.3 Å². The summed E-state index contributed by atoms with van der Waals surface area (Å²) >= 11 is 0. The molecule has 224 valence electrons. The lowest BCUT2D eigenvalue weighted by Crippen LogP contribution is -2.60. The number of nitrogens with zero attached hydrogens (tertiary/aromatic N) is 4. The van der Waals surface area contributed by atoms with Crippen molar-refractivity contribution in [1.29, 1.82) is 0 Å². The molecule has 0 fully saturated rings. The van der Waals surface area contributed by atoms with Crippen molar-refractivity contribution in [3.8, 4) is 22.6 Å². The summed E-state index contributed by atoms with van der Waals surface area (Å²) < 4.78 is 22.8. The van der Waals surface area contributed by atoms with Crippen LogP contribution in [0, 0.1) is 5.82 Å². The molecule has 2 aromatic carbocycles. The molecule has 0 amide bonds. The Morgan fingerprint density at radius 3 is 2.43 bits per heavy atom. The molecule has 44 heavy (non-hydrogen) atoms. The lowest BCUT2D eigenvalue weighted by Gasteiger charge is -2.41. The normalized spacial score (nSPS) is 17.0. The lowest BCUT2D eigenvalue weighted by molar-refractivity contribution is -0.741. The van der Waals surface area contributed by atoms with E-state index in [0.717, 1.165) is 46.6 Å². The maximum absolute atomic E-state index is 16.0. The van der Waals surface area contributed by atoms with Crippen LogP contribution in [0.3, 0.4) is 0 Å². The van der Waals surface area contributed by atoms with Gasteiger partial charge in [-0.1, -0.05) is 72.7 Å². The van der Waals surface area contributed by atoms with Crippen LogP contribution >= 0.6 is 0 Å². The van der Waals surface area contributed by atoms with Gasteiger partial charge in [-0.2, -0.15) is 14.2 Å². The molecular weight excluding hydrogens is 543 g/mol. The molecule has 0 atom stereocenters. The Balaban J connectivity index is 1.47. The Morgan fingerprint density at radius 1 is 0.955 bits per heavy atom. The third-order valence-electron chi connectivity index (χ3n) is 10.4. The molecule has 4 nitrogen and oxygen atoms in total. The molecule has 1 aliphatic carbocycles. The zero-order valence-electron chi connectivity index (χ0n) is 27.3. The van der Waals surface area contributed by atoms with E-state index in [1.807, 2.05) is 17.8 Å². The van der Waals surface area contributed by atoms with Gasteiger partial charge in [0, 0.05) is 60.1 Å². The minimum absolute atomic E-state index is 0.0361. The molecule has 0 saturated carbocycles. The third kappa shape index (κ3) is 3.84. The zero-order valence-corrected chi connectivity index (χ0v) is 27.3. The number of pyridine rings is 2. The first kappa shape index (κ1) is 28.6. The summed E-state index contributed by atoms with van der Waals surface area (Å²) in [6, 6.07) is 21.1. The zero-order chi connectivity index (χ0) is 31.2. The average molecular weight is 587 g/mol. The molecule has 0 N–H and O–H groups in total. The smallest absolute Gasteiger partial charge is 0.231 e. The summed E-state index contributed by atoms with van der Waals surface area (Å²) in [5, 5.41) is 7.34. The second-order valence-corrected chi connectivity index (χ2v) is 14.2. The highest BCUT2D eigenvalue weighted by Gasteiger charge is 2.53. The molecule has 0 radical (unpaired) electrons. The fourth-order valence-corrected chi connectivity index (χ4v) is 8.02. The van der Waals surface area contributed by atoms with Gasteiger partial charge in [0.15, 0.2) is 24.5 Å². The SMILES string of the molecule is CCC1(CC)C(=CC[n+]2ccccc2-c2cc(C(C)(C)C)nn2C)c2ccc(F)c3c2-c2c4c(cccc4cc[n+]21)C3(C)C. The first-order valence-corrected chi connectivity index (χ1v) is 16.0. The van der Waals surface area contributed by atoms with Gasteiger partial charge in [-0.15, -0.1) is 0 Å². The van der Waals surface area contributed by atoms with Crippen molar-refractivity contribution < 1.29 is 13.5 Å². The molecule has 2 aliphatic rings. The van der Waals surface area contributed by atoms with Crippen LogP contribution in [0.25, 0.3) is 39.0 Å². The molecule has 1 aliphatic heterocycles. The van der Waals surface area contributed by atoms with E-state index in [1.165, 1.54) is 27.6 Å². The van der Waals surface area contributed by atoms with Crippen LogP contribution < -0.4 is 9.13 Å². The van der Waals surface area contributed by atoms with Crippen molar-refractivity contribution in [2.75, 3.05) is 0 Å². The van der Waals surface area contributed by atoms with Gasteiger partial charge in [0.05, 0.1) is 16.6 Å². The van der Waals surface area contributed by atoms with Gasteiger partial charge in [0.1, 0.15) is 11.5 Å². The van der Waals surface area contributed by atoms with Gasteiger partial charge in [-0.25, -0.2) is 4.39 Å². The van der Waals surface area contributed by atoms with Gasteiger partial charge in [0.2, 0.25) is 11.4 Å². The number of allylic oxidation sites excluding steroid dienone is 2. The van der Waals surface area contributed by atoms with Crippen LogP contribution in [0.4, 0.5) is 4.39 Å². The highest BCUT2D eigenvalue weighted by Crippen LogP contribution is 2.55. The molecular formula is C39H43FN4+2. The summed E-state index contributed by atoms with van der Waals surface area (Å²) in [4.78, 5) is 0. The van der Waals surface area contributed by atoms with Crippen molar-refractivity contribution in [3.05, 3.63) is 107 Å². The molecule has 0 bridgehead atoms. The van der Waals surface area contributed by atoms with E-state index in [-0.39, 0.29) is 16.8 Å². The number of hydrogen-bond donors (Lipinski definition) is 0. The second-order valence-electron chi connectivity index (χ2n) is 14.2. The monoisotopic (exact) mass is 586 g/mol. The highest BCUT2D eigenvalue weighted by molar-refractivity contribution is 6.04. The maximum atomic E-state index is 16.0. The predicted molar refractivity (Wildman–Crippen MR) is 176 cm³/mol. The third-order valence-corrected chi connectivity index (χ3v) is 10.4. The van der Waals surface area contributed by atoms with Crippen molar-refractivity contribution in [1.82, 2.24) is 9.78 Å². The quantitative estimate of drug-likeness (QED) is 0.191. The number of rotatable bonds is 5. The minimum atomic E-state index is -0.462. The van der Waals surface area contributed by atoms with Crippen LogP contribution in [-0.2, 0) is 30.0 Å². The molecule has 7 rings (SSSR count). The van der Waals surface area contributed by atoms with Gasteiger partial charge in [-0.05, 0) is 40.8 Å². The van der Waals surface area contributed by atoms with E-state index in [0.29, 0.717) is 6.54 Å². The Bertz CT molecular complexity index is 2000. The fraction of sp³-hybridized carbons (Fsp3) is 0.359. The molecule has 4 heterocycles. The summed E-state index contributed by atoms with van der Waals surface area (Å²) in [5.74, 6) is -0.128. The first-order chi connectivity index (χ1) is 20.9. The van der Waals surface area contributed by atoms with Gasteiger partial charge >= 0.3 is 0 Å². The molecule has 5 aromatic rings. The van der Waals surface area contributed by atoms with E-state index in [1.54, 1.807) is 6.07 Å². The number of aryl methyl sites for hydroxylation is 1. The topological polar surface area (TPSA) is 25.6 Å². The highest BCUT2D eigenvalue weighted by atomic mass is 19.1. The fourth-order valence-electron chi connectivity index (χ4n) is 8.02. The Hall–Kier alpha value is -4.12. The van der Waals surface area contributed by atoms with Gasteiger partial charge in [-0.3, -0.25) is 4.68 Å². The Morgan fingerprint density at radius 2 is 1.73 bits per heavy atom. The van der Waals surface area contributed by atoms with E-state index in [2.05, 4.69) is 125 Å². The number of halogens is 1. The average Bonchev–Trinajstić information content (AvgIpc) is 3.40. The van der Waals surface area contributed by atoms with Crippen molar-refractivity contribution in [2.24, 2.45) is 7.05 Å². The van der Waals surface area contributed by atoms with Crippen LogP contribution in [-0.4, -0.2) is 9.78 Å². The maximum Gasteiger partial charge on any atom is 0.231 e. The summed E-state index contributed by atoms with van der Waals surface area (Å²) in [7, 11) is 2.03. The largest absolute Gasteiger partial charge is 0.262 e. The summed E-state index contributed by atoms with van der Waals surface area (Å²) in [5.41, 5.74) is 9.19. The Kier molecular flexibility index (Phi) is 6.31. The van der Waals surface area contributed by atoms with Crippen LogP contribution in [0.1, 0.15) is 83.7 Å². The molecule has 0 unspecified atom stereocenters. The summed E-state index contributed by atoms with van der Waals surface area (Å²) in [6.07, 6.45) is 8.67.